The maximum atomic E-state index is 11.8. The molecule has 1 aliphatic rings. The highest BCUT2D eigenvalue weighted by molar-refractivity contribution is 5.96. The molecule has 0 saturated carbocycles. The Labute approximate surface area is 111 Å². The maximum absolute atomic E-state index is 11.8. The number of aromatic nitrogens is 1. The minimum Gasteiger partial charge on any atom is -0.462 e. The molecule has 0 saturated heterocycles. The number of benzene rings is 1. The van der Waals surface area contributed by atoms with Crippen LogP contribution in [0.25, 0.3) is 10.9 Å². The minimum atomic E-state index is -0.415. The van der Waals surface area contributed by atoms with Crippen molar-refractivity contribution in [3.05, 3.63) is 35.0 Å². The van der Waals surface area contributed by atoms with Crippen molar-refractivity contribution in [3.8, 4) is 0 Å². The number of aromatic amines is 1. The Kier molecular flexibility index (Phi) is 3.03. The van der Waals surface area contributed by atoms with Crippen LogP contribution in [-0.2, 0) is 11.2 Å². The fourth-order valence-corrected chi connectivity index (χ4v) is 2.78. The molecule has 0 amide bonds. The van der Waals surface area contributed by atoms with Gasteiger partial charge >= 0.3 is 5.97 Å². The minimum absolute atomic E-state index is 0.296. The largest absolute Gasteiger partial charge is 0.462 e. The van der Waals surface area contributed by atoms with Crippen LogP contribution >= 0.6 is 0 Å². The normalized spacial score (nSPS) is 18.3. The zero-order valence-corrected chi connectivity index (χ0v) is 10.9. The van der Waals surface area contributed by atoms with E-state index < -0.39 is 6.10 Å². The molecule has 0 aliphatic heterocycles. The average Bonchev–Trinajstić information content (AvgIpc) is 2.78. The smallest absolute Gasteiger partial charge is 0.338 e. The second-order valence-electron chi connectivity index (χ2n) is 4.91. The second kappa shape index (κ2) is 4.70. The van der Waals surface area contributed by atoms with Gasteiger partial charge in [0, 0.05) is 16.6 Å². The van der Waals surface area contributed by atoms with Crippen molar-refractivity contribution in [3.63, 3.8) is 0 Å². The summed E-state index contributed by atoms with van der Waals surface area (Å²) in [5.41, 5.74) is 3.58. The summed E-state index contributed by atoms with van der Waals surface area (Å²) in [6, 6.07) is 5.50. The van der Waals surface area contributed by atoms with Gasteiger partial charge in [0.15, 0.2) is 0 Å². The van der Waals surface area contributed by atoms with Crippen molar-refractivity contribution < 1.29 is 14.6 Å². The number of aryl methyl sites for hydroxylation is 1. The van der Waals surface area contributed by atoms with Gasteiger partial charge in [0.05, 0.1) is 18.3 Å². The van der Waals surface area contributed by atoms with Crippen molar-refractivity contribution in [1.82, 2.24) is 4.98 Å². The standard InChI is InChI=1S/C15H17NO3/c1-2-19-15(18)9-6-7-12-11(8-9)10-4-3-5-13(17)14(10)16-12/h6-8,13,16-17H,2-5H2,1H3/t13-/m1/s1. The fraction of sp³-hybridized carbons (Fsp3) is 0.400. The Morgan fingerprint density at radius 3 is 3.16 bits per heavy atom. The Morgan fingerprint density at radius 1 is 1.53 bits per heavy atom. The lowest BCUT2D eigenvalue weighted by atomic mass is 9.93. The van der Waals surface area contributed by atoms with E-state index in [9.17, 15) is 9.90 Å². The first-order valence-corrected chi connectivity index (χ1v) is 6.70. The highest BCUT2D eigenvalue weighted by Crippen LogP contribution is 2.34. The van der Waals surface area contributed by atoms with Crippen LogP contribution in [0.5, 0.6) is 0 Å². The van der Waals surface area contributed by atoms with Crippen molar-refractivity contribution in [2.45, 2.75) is 32.3 Å². The van der Waals surface area contributed by atoms with Crippen LogP contribution in [0, 0.1) is 0 Å². The molecule has 1 heterocycles. The molecule has 2 N–H and O–H groups in total. The van der Waals surface area contributed by atoms with E-state index in [1.54, 1.807) is 13.0 Å². The molecular weight excluding hydrogens is 242 g/mol. The van der Waals surface area contributed by atoms with Gasteiger partial charge in [-0.15, -0.1) is 0 Å². The van der Waals surface area contributed by atoms with E-state index in [0.717, 1.165) is 41.4 Å². The van der Waals surface area contributed by atoms with E-state index in [4.69, 9.17) is 4.74 Å². The summed E-state index contributed by atoms with van der Waals surface area (Å²) < 4.78 is 5.02. The number of nitrogens with one attached hydrogen (secondary N) is 1. The molecule has 0 radical (unpaired) electrons. The summed E-state index contributed by atoms with van der Waals surface area (Å²) in [5.74, 6) is -0.296. The molecule has 0 spiro atoms. The number of rotatable bonds is 2. The molecule has 100 valence electrons. The Balaban J connectivity index is 2.10. The van der Waals surface area contributed by atoms with Gasteiger partial charge in [-0.2, -0.15) is 0 Å². The van der Waals surface area contributed by atoms with Crippen LogP contribution in [0.2, 0.25) is 0 Å². The summed E-state index contributed by atoms with van der Waals surface area (Å²) in [7, 11) is 0. The number of carbonyl (C=O) groups excluding carboxylic acids is 1. The van der Waals surface area contributed by atoms with Gasteiger partial charge < -0.3 is 14.8 Å². The summed E-state index contributed by atoms with van der Waals surface area (Å²) >= 11 is 0. The number of aliphatic hydroxyl groups excluding tert-OH is 1. The van der Waals surface area contributed by atoms with Gasteiger partial charge in [-0.3, -0.25) is 0 Å². The average molecular weight is 259 g/mol. The Bertz CT molecular complexity index is 630. The molecule has 0 unspecified atom stereocenters. The number of carbonyl (C=O) groups is 1. The van der Waals surface area contributed by atoms with Gasteiger partial charge in [-0.05, 0) is 49.9 Å². The summed E-state index contributed by atoms with van der Waals surface area (Å²) in [5, 5.41) is 11.0. The van der Waals surface area contributed by atoms with Crippen LogP contribution < -0.4 is 0 Å². The van der Waals surface area contributed by atoms with Gasteiger partial charge in [0.2, 0.25) is 0 Å². The quantitative estimate of drug-likeness (QED) is 0.815. The number of esters is 1. The SMILES string of the molecule is CCOC(=O)c1ccc2[nH]c3c(c2c1)CCC[C@H]3O. The van der Waals surface area contributed by atoms with Crippen LogP contribution in [0.3, 0.4) is 0 Å². The molecule has 0 fully saturated rings. The molecule has 19 heavy (non-hydrogen) atoms. The number of hydrogen-bond acceptors (Lipinski definition) is 3. The molecule has 2 aromatic rings. The number of H-pyrrole nitrogens is 1. The fourth-order valence-electron chi connectivity index (χ4n) is 2.78. The third kappa shape index (κ3) is 2.02. The Hall–Kier alpha value is -1.81. The van der Waals surface area contributed by atoms with Gasteiger partial charge in [0.1, 0.15) is 0 Å². The second-order valence-corrected chi connectivity index (χ2v) is 4.91. The number of fused-ring (bicyclic) bond motifs is 3. The predicted octanol–water partition coefficient (Wildman–Crippen LogP) is 2.71. The van der Waals surface area contributed by atoms with Crippen molar-refractivity contribution in [2.75, 3.05) is 6.61 Å². The van der Waals surface area contributed by atoms with E-state index in [1.807, 2.05) is 12.1 Å². The zero-order valence-electron chi connectivity index (χ0n) is 10.9. The predicted molar refractivity (Wildman–Crippen MR) is 72.2 cm³/mol. The van der Waals surface area contributed by atoms with Crippen LogP contribution in [0.1, 0.15) is 47.5 Å². The maximum Gasteiger partial charge on any atom is 0.338 e. The molecule has 4 nitrogen and oxygen atoms in total. The third-order valence-electron chi connectivity index (χ3n) is 3.69. The highest BCUT2D eigenvalue weighted by Gasteiger charge is 2.23. The summed E-state index contributed by atoms with van der Waals surface area (Å²) in [6.07, 6.45) is 2.30. The van der Waals surface area contributed by atoms with E-state index in [-0.39, 0.29) is 5.97 Å². The molecule has 1 aromatic carbocycles. The molecule has 4 heteroatoms. The summed E-state index contributed by atoms with van der Waals surface area (Å²) in [6.45, 7) is 2.17. The lowest BCUT2D eigenvalue weighted by Gasteiger charge is -2.17. The highest BCUT2D eigenvalue weighted by atomic mass is 16.5. The summed E-state index contributed by atoms with van der Waals surface area (Å²) in [4.78, 5) is 15.0. The van der Waals surface area contributed by atoms with Crippen LogP contribution in [0.4, 0.5) is 0 Å². The van der Waals surface area contributed by atoms with Crippen molar-refractivity contribution >= 4 is 16.9 Å². The lowest BCUT2D eigenvalue weighted by molar-refractivity contribution is 0.0526. The first-order chi connectivity index (χ1) is 9.20. The van der Waals surface area contributed by atoms with Crippen LogP contribution in [0.15, 0.2) is 18.2 Å². The molecule has 1 aliphatic carbocycles. The third-order valence-corrected chi connectivity index (χ3v) is 3.69. The van der Waals surface area contributed by atoms with Gasteiger partial charge in [-0.1, -0.05) is 0 Å². The van der Waals surface area contributed by atoms with Crippen molar-refractivity contribution in [1.29, 1.82) is 0 Å². The van der Waals surface area contributed by atoms with Gasteiger partial charge in [-0.25, -0.2) is 4.79 Å². The van der Waals surface area contributed by atoms with E-state index >= 15 is 0 Å². The molecule has 1 atom stereocenters. The molecule has 0 bridgehead atoms. The number of aliphatic hydroxyl groups is 1. The number of hydrogen-bond donors (Lipinski definition) is 2. The first kappa shape index (κ1) is 12.2. The lowest BCUT2D eigenvalue weighted by Crippen LogP contribution is -2.08. The molecular formula is C15H17NO3. The van der Waals surface area contributed by atoms with Gasteiger partial charge in [0.25, 0.3) is 0 Å². The van der Waals surface area contributed by atoms with E-state index in [0.29, 0.717) is 12.2 Å². The molecule has 1 aromatic heterocycles. The zero-order chi connectivity index (χ0) is 13.4. The monoisotopic (exact) mass is 259 g/mol. The first-order valence-electron chi connectivity index (χ1n) is 6.70. The Morgan fingerprint density at radius 2 is 2.37 bits per heavy atom. The van der Waals surface area contributed by atoms with E-state index in [2.05, 4.69) is 4.98 Å². The number of ether oxygens (including phenoxy) is 1. The topological polar surface area (TPSA) is 62.3 Å². The van der Waals surface area contributed by atoms with Crippen molar-refractivity contribution in [2.24, 2.45) is 0 Å². The molecule has 3 rings (SSSR count). The van der Waals surface area contributed by atoms with E-state index in [1.165, 1.54) is 0 Å². The van der Waals surface area contributed by atoms with Crippen LogP contribution in [-0.4, -0.2) is 22.7 Å².